The normalized spacial score (nSPS) is 21.2. The molecule has 0 bridgehead atoms. The highest BCUT2D eigenvalue weighted by Gasteiger charge is 2.33. The molecule has 3 rings (SSSR count). The molecule has 1 aromatic carbocycles. The second kappa shape index (κ2) is 6.22. The molecule has 1 unspecified atom stereocenters. The average Bonchev–Trinajstić information content (AvgIpc) is 3.01. The van der Waals surface area contributed by atoms with Crippen LogP contribution >= 0.6 is 0 Å². The summed E-state index contributed by atoms with van der Waals surface area (Å²) < 4.78 is 11.0. The first-order valence-corrected chi connectivity index (χ1v) is 7.66. The quantitative estimate of drug-likeness (QED) is 0.765. The van der Waals surface area contributed by atoms with E-state index in [4.69, 9.17) is 9.47 Å². The molecule has 1 atom stereocenters. The van der Waals surface area contributed by atoms with Gasteiger partial charge >= 0.3 is 0 Å². The largest absolute Gasteiger partial charge is 0.486 e. The monoisotopic (exact) mass is 293 g/mol. The molecule has 5 nitrogen and oxygen atoms in total. The van der Waals surface area contributed by atoms with E-state index in [9.17, 15) is 10.2 Å². The van der Waals surface area contributed by atoms with Gasteiger partial charge in [-0.25, -0.2) is 0 Å². The Kier molecular flexibility index (Phi) is 4.33. The van der Waals surface area contributed by atoms with Crippen molar-refractivity contribution in [1.82, 2.24) is 5.32 Å². The molecule has 0 radical (unpaired) electrons. The van der Waals surface area contributed by atoms with E-state index in [0.717, 1.165) is 37.0 Å². The van der Waals surface area contributed by atoms with Crippen LogP contribution in [-0.4, -0.2) is 42.1 Å². The Bertz CT molecular complexity index is 485. The molecule has 1 aliphatic heterocycles. The Balaban J connectivity index is 1.63. The van der Waals surface area contributed by atoms with Crippen molar-refractivity contribution in [1.29, 1.82) is 0 Å². The third-order valence-corrected chi connectivity index (χ3v) is 4.48. The van der Waals surface area contributed by atoms with Gasteiger partial charge in [0.05, 0.1) is 12.7 Å². The van der Waals surface area contributed by atoms with Crippen molar-refractivity contribution in [2.24, 2.45) is 0 Å². The number of rotatable bonds is 5. The van der Waals surface area contributed by atoms with Gasteiger partial charge in [-0.05, 0) is 30.5 Å². The smallest absolute Gasteiger partial charge is 0.161 e. The Morgan fingerprint density at radius 2 is 1.86 bits per heavy atom. The highest BCUT2D eigenvalue weighted by atomic mass is 16.6. The summed E-state index contributed by atoms with van der Waals surface area (Å²) in [5.74, 6) is 1.42. The summed E-state index contributed by atoms with van der Waals surface area (Å²) in [5, 5.41) is 23.3. The first-order valence-electron chi connectivity index (χ1n) is 7.66. The molecule has 0 saturated heterocycles. The summed E-state index contributed by atoms with van der Waals surface area (Å²) in [6.07, 6.45) is 3.58. The molecule has 5 heteroatoms. The standard InChI is InChI=1S/C16H23NO4/c18-11-16(5-1-2-6-16)17-10-13(19)12-3-4-14-15(9-12)21-8-7-20-14/h3-4,9,13,17-19H,1-2,5-8,10-11H2. The summed E-state index contributed by atoms with van der Waals surface area (Å²) in [7, 11) is 0. The van der Waals surface area contributed by atoms with Gasteiger partial charge < -0.3 is 25.0 Å². The Morgan fingerprint density at radius 1 is 1.14 bits per heavy atom. The molecule has 1 fully saturated rings. The molecule has 0 spiro atoms. The van der Waals surface area contributed by atoms with Gasteiger partial charge in [0.2, 0.25) is 0 Å². The molecular formula is C16H23NO4. The van der Waals surface area contributed by atoms with E-state index in [-0.39, 0.29) is 12.1 Å². The van der Waals surface area contributed by atoms with Gasteiger partial charge in [0.25, 0.3) is 0 Å². The molecule has 1 aliphatic carbocycles. The van der Waals surface area contributed by atoms with Crippen LogP contribution in [0.2, 0.25) is 0 Å². The number of hydrogen-bond donors (Lipinski definition) is 3. The Hall–Kier alpha value is -1.30. The minimum absolute atomic E-state index is 0.126. The van der Waals surface area contributed by atoms with E-state index in [1.807, 2.05) is 18.2 Å². The van der Waals surface area contributed by atoms with Gasteiger partial charge in [0, 0.05) is 12.1 Å². The number of β-amino-alcohol motifs (C(OH)–C–C–N with tert-alkyl or cyclic N) is 1. The van der Waals surface area contributed by atoms with E-state index in [1.54, 1.807) is 0 Å². The van der Waals surface area contributed by atoms with Crippen molar-refractivity contribution in [3.8, 4) is 11.5 Å². The zero-order chi connectivity index (χ0) is 14.7. The minimum atomic E-state index is -0.621. The van der Waals surface area contributed by atoms with E-state index in [1.165, 1.54) is 0 Å². The Labute approximate surface area is 124 Å². The molecule has 1 heterocycles. The van der Waals surface area contributed by atoms with Crippen molar-refractivity contribution >= 4 is 0 Å². The molecule has 3 N–H and O–H groups in total. The van der Waals surface area contributed by atoms with Crippen LogP contribution in [0.4, 0.5) is 0 Å². The van der Waals surface area contributed by atoms with E-state index in [2.05, 4.69) is 5.32 Å². The number of aliphatic hydroxyl groups is 2. The summed E-state index contributed by atoms with van der Waals surface area (Å²) in [5.41, 5.74) is 0.590. The maximum Gasteiger partial charge on any atom is 0.161 e. The molecule has 1 aromatic rings. The van der Waals surface area contributed by atoms with Crippen molar-refractivity contribution in [2.75, 3.05) is 26.4 Å². The molecule has 1 saturated carbocycles. The van der Waals surface area contributed by atoms with Crippen molar-refractivity contribution in [3.05, 3.63) is 23.8 Å². The molecule has 0 aromatic heterocycles. The lowest BCUT2D eigenvalue weighted by Gasteiger charge is -2.29. The number of nitrogens with one attached hydrogen (secondary N) is 1. The van der Waals surface area contributed by atoms with Crippen LogP contribution in [0.3, 0.4) is 0 Å². The van der Waals surface area contributed by atoms with E-state index >= 15 is 0 Å². The Morgan fingerprint density at radius 3 is 2.57 bits per heavy atom. The molecule has 2 aliphatic rings. The SMILES string of the molecule is OCC1(NCC(O)c2ccc3c(c2)OCCO3)CCCC1. The van der Waals surface area contributed by atoms with Gasteiger partial charge in [0.15, 0.2) is 11.5 Å². The van der Waals surface area contributed by atoms with E-state index in [0.29, 0.717) is 25.5 Å². The topological polar surface area (TPSA) is 71.0 Å². The summed E-state index contributed by atoms with van der Waals surface area (Å²) in [6.45, 7) is 1.66. The average molecular weight is 293 g/mol. The van der Waals surface area contributed by atoms with Crippen LogP contribution in [-0.2, 0) is 0 Å². The number of aliphatic hydroxyl groups excluding tert-OH is 2. The number of benzene rings is 1. The predicted octanol–water partition coefficient (Wildman–Crippen LogP) is 1.39. The number of ether oxygens (including phenoxy) is 2. The maximum absolute atomic E-state index is 10.4. The van der Waals surface area contributed by atoms with Gasteiger partial charge in [-0.2, -0.15) is 0 Å². The highest BCUT2D eigenvalue weighted by molar-refractivity contribution is 5.44. The first kappa shape index (κ1) is 14.6. The van der Waals surface area contributed by atoms with Crippen molar-refractivity contribution in [2.45, 2.75) is 37.3 Å². The fraction of sp³-hybridized carbons (Fsp3) is 0.625. The zero-order valence-corrected chi connectivity index (χ0v) is 12.2. The van der Waals surface area contributed by atoms with Gasteiger partial charge in [-0.3, -0.25) is 0 Å². The van der Waals surface area contributed by atoms with Crippen LogP contribution in [0, 0.1) is 0 Å². The number of hydrogen-bond acceptors (Lipinski definition) is 5. The van der Waals surface area contributed by atoms with Gasteiger partial charge in [-0.1, -0.05) is 18.9 Å². The molecule has 116 valence electrons. The summed E-state index contributed by atoms with van der Waals surface area (Å²) in [4.78, 5) is 0. The van der Waals surface area contributed by atoms with Crippen LogP contribution < -0.4 is 14.8 Å². The predicted molar refractivity (Wildman–Crippen MR) is 78.7 cm³/mol. The lowest BCUT2D eigenvalue weighted by atomic mass is 9.98. The van der Waals surface area contributed by atoms with Crippen LogP contribution in [0.25, 0.3) is 0 Å². The van der Waals surface area contributed by atoms with E-state index < -0.39 is 6.10 Å². The lowest BCUT2D eigenvalue weighted by molar-refractivity contribution is 0.122. The van der Waals surface area contributed by atoms with Gasteiger partial charge in [0.1, 0.15) is 13.2 Å². The second-order valence-electron chi connectivity index (χ2n) is 5.95. The molecular weight excluding hydrogens is 270 g/mol. The third-order valence-electron chi connectivity index (χ3n) is 4.48. The lowest BCUT2D eigenvalue weighted by Crippen LogP contribution is -2.47. The molecule has 0 amide bonds. The number of fused-ring (bicyclic) bond motifs is 1. The summed E-state index contributed by atoms with van der Waals surface area (Å²) >= 11 is 0. The molecule has 21 heavy (non-hydrogen) atoms. The van der Waals surface area contributed by atoms with Gasteiger partial charge in [-0.15, -0.1) is 0 Å². The first-order chi connectivity index (χ1) is 10.2. The maximum atomic E-state index is 10.4. The van der Waals surface area contributed by atoms with Crippen molar-refractivity contribution < 1.29 is 19.7 Å². The van der Waals surface area contributed by atoms with Crippen LogP contribution in [0.15, 0.2) is 18.2 Å². The fourth-order valence-electron chi connectivity index (χ4n) is 3.14. The second-order valence-corrected chi connectivity index (χ2v) is 5.95. The van der Waals surface area contributed by atoms with Crippen LogP contribution in [0.1, 0.15) is 37.4 Å². The third kappa shape index (κ3) is 3.15. The van der Waals surface area contributed by atoms with Crippen molar-refractivity contribution in [3.63, 3.8) is 0 Å². The summed E-state index contributed by atoms with van der Waals surface area (Å²) in [6, 6.07) is 5.53. The minimum Gasteiger partial charge on any atom is -0.486 e. The zero-order valence-electron chi connectivity index (χ0n) is 12.2. The van der Waals surface area contributed by atoms with Crippen LogP contribution in [0.5, 0.6) is 11.5 Å². The fourth-order valence-corrected chi connectivity index (χ4v) is 3.14. The highest BCUT2D eigenvalue weighted by Crippen LogP contribution is 2.33.